The fourth-order valence-corrected chi connectivity index (χ4v) is 1.38. The zero-order valence-corrected chi connectivity index (χ0v) is 8.38. The van der Waals surface area contributed by atoms with Crippen molar-refractivity contribution < 1.29 is 0 Å². The van der Waals surface area contributed by atoms with Gasteiger partial charge in [0.25, 0.3) is 0 Å². The molecule has 0 atom stereocenters. The molecule has 0 saturated carbocycles. The first-order valence-electron chi connectivity index (χ1n) is 4.43. The Bertz CT molecular complexity index is 557. The lowest BCUT2D eigenvalue weighted by Crippen LogP contribution is -2.08. The van der Waals surface area contributed by atoms with Crippen molar-refractivity contribution in [1.82, 2.24) is 15.0 Å². The molecular formula is C10H11N3O. The summed E-state index contributed by atoms with van der Waals surface area (Å²) in [6.45, 7) is 5.65. The van der Waals surface area contributed by atoms with Crippen molar-refractivity contribution in [2.24, 2.45) is 0 Å². The van der Waals surface area contributed by atoms with Crippen LogP contribution in [0.2, 0.25) is 0 Å². The second-order valence-electron chi connectivity index (χ2n) is 3.41. The molecule has 1 N–H and O–H groups in total. The number of aromatic amines is 1. The van der Waals surface area contributed by atoms with Crippen LogP contribution in [-0.4, -0.2) is 15.0 Å². The van der Waals surface area contributed by atoms with Gasteiger partial charge in [-0.15, -0.1) is 0 Å². The third-order valence-corrected chi connectivity index (χ3v) is 2.27. The van der Waals surface area contributed by atoms with Crippen molar-refractivity contribution >= 4 is 11.2 Å². The van der Waals surface area contributed by atoms with Gasteiger partial charge < -0.3 is 4.98 Å². The Morgan fingerprint density at radius 1 is 1.14 bits per heavy atom. The molecule has 0 spiro atoms. The van der Waals surface area contributed by atoms with E-state index < -0.39 is 0 Å². The quantitative estimate of drug-likeness (QED) is 0.678. The molecule has 0 amide bonds. The van der Waals surface area contributed by atoms with Crippen molar-refractivity contribution in [2.45, 2.75) is 20.8 Å². The summed E-state index contributed by atoms with van der Waals surface area (Å²) in [6, 6.07) is 1.53. The average Bonchev–Trinajstić information content (AvgIpc) is 2.08. The van der Waals surface area contributed by atoms with Crippen LogP contribution in [-0.2, 0) is 0 Å². The van der Waals surface area contributed by atoms with E-state index in [1.807, 2.05) is 20.8 Å². The molecule has 0 aliphatic carbocycles. The minimum atomic E-state index is -0.132. The summed E-state index contributed by atoms with van der Waals surface area (Å²) in [5, 5.41) is 0. The van der Waals surface area contributed by atoms with E-state index in [9.17, 15) is 4.79 Å². The second-order valence-corrected chi connectivity index (χ2v) is 3.41. The Kier molecular flexibility index (Phi) is 1.84. The van der Waals surface area contributed by atoms with E-state index in [4.69, 9.17) is 0 Å². The molecule has 0 bridgehead atoms. The number of pyridine rings is 1. The molecule has 0 fully saturated rings. The highest BCUT2D eigenvalue weighted by molar-refractivity contribution is 5.73. The van der Waals surface area contributed by atoms with Gasteiger partial charge in [0.2, 0.25) is 5.56 Å². The van der Waals surface area contributed by atoms with Gasteiger partial charge in [-0.25, -0.2) is 9.97 Å². The maximum atomic E-state index is 11.2. The number of nitrogens with zero attached hydrogens (tertiary/aromatic N) is 2. The predicted molar refractivity (Wildman–Crippen MR) is 54.4 cm³/mol. The maximum Gasteiger partial charge on any atom is 0.249 e. The van der Waals surface area contributed by atoms with Gasteiger partial charge in [-0.1, -0.05) is 0 Å². The van der Waals surface area contributed by atoms with Crippen LogP contribution >= 0.6 is 0 Å². The lowest BCUT2D eigenvalue weighted by molar-refractivity contribution is 1.06. The van der Waals surface area contributed by atoms with Crippen molar-refractivity contribution in [3.05, 3.63) is 33.4 Å². The first-order valence-corrected chi connectivity index (χ1v) is 4.43. The van der Waals surface area contributed by atoms with Crippen LogP contribution in [0.1, 0.15) is 17.0 Å². The van der Waals surface area contributed by atoms with Crippen LogP contribution in [0, 0.1) is 20.8 Å². The molecule has 2 rings (SSSR count). The second kappa shape index (κ2) is 2.90. The smallest absolute Gasteiger partial charge is 0.249 e. The Hall–Kier alpha value is -1.71. The van der Waals surface area contributed by atoms with E-state index in [2.05, 4.69) is 15.0 Å². The van der Waals surface area contributed by atoms with Gasteiger partial charge in [-0.2, -0.15) is 0 Å². The zero-order valence-electron chi connectivity index (χ0n) is 8.38. The van der Waals surface area contributed by atoms with Gasteiger partial charge in [-0.3, -0.25) is 4.79 Å². The summed E-state index contributed by atoms with van der Waals surface area (Å²) < 4.78 is 0. The number of hydrogen-bond donors (Lipinski definition) is 1. The highest BCUT2D eigenvalue weighted by Crippen LogP contribution is 2.11. The SMILES string of the molecule is Cc1nc2[nH]c(=O)cc(C)c2nc1C. The van der Waals surface area contributed by atoms with Gasteiger partial charge in [0.1, 0.15) is 5.52 Å². The molecule has 2 heterocycles. The fourth-order valence-electron chi connectivity index (χ4n) is 1.38. The number of nitrogens with one attached hydrogen (secondary N) is 1. The number of fused-ring (bicyclic) bond motifs is 1. The van der Waals surface area contributed by atoms with Crippen molar-refractivity contribution in [3.8, 4) is 0 Å². The molecule has 2 aromatic rings. The first kappa shape index (κ1) is 8.87. The number of aryl methyl sites for hydroxylation is 3. The van der Waals surface area contributed by atoms with Crippen LogP contribution < -0.4 is 5.56 Å². The summed E-state index contributed by atoms with van der Waals surface area (Å²) in [5.74, 6) is 0. The fraction of sp³-hybridized carbons (Fsp3) is 0.300. The standard InChI is InChI=1S/C10H11N3O/c1-5-4-8(14)13-10-9(5)11-6(2)7(3)12-10/h4H,1-3H3,(H,12,13,14). The third-order valence-electron chi connectivity index (χ3n) is 2.27. The average molecular weight is 189 g/mol. The van der Waals surface area contributed by atoms with Crippen LogP contribution in [0.4, 0.5) is 0 Å². The summed E-state index contributed by atoms with van der Waals surface area (Å²) in [6.07, 6.45) is 0. The predicted octanol–water partition coefficient (Wildman–Crippen LogP) is 1.24. The van der Waals surface area contributed by atoms with Gasteiger partial charge >= 0.3 is 0 Å². The monoisotopic (exact) mass is 189 g/mol. The zero-order chi connectivity index (χ0) is 10.3. The van der Waals surface area contributed by atoms with Crippen LogP contribution in [0.3, 0.4) is 0 Å². The van der Waals surface area contributed by atoms with Crippen LogP contribution in [0.5, 0.6) is 0 Å². The molecule has 72 valence electrons. The van der Waals surface area contributed by atoms with Gasteiger partial charge in [0.05, 0.1) is 11.4 Å². The Labute approximate surface area is 81.0 Å². The van der Waals surface area contributed by atoms with Crippen LogP contribution in [0.25, 0.3) is 11.2 Å². The van der Waals surface area contributed by atoms with E-state index in [0.717, 1.165) is 22.5 Å². The summed E-state index contributed by atoms with van der Waals surface area (Å²) in [5.41, 5.74) is 3.81. The number of H-pyrrole nitrogens is 1. The molecule has 2 aromatic heterocycles. The Balaban J connectivity index is 2.96. The number of hydrogen-bond acceptors (Lipinski definition) is 3. The molecule has 4 heteroatoms. The lowest BCUT2D eigenvalue weighted by Gasteiger charge is -2.03. The molecule has 4 nitrogen and oxygen atoms in total. The minimum Gasteiger partial charge on any atom is -0.305 e. The van der Waals surface area contributed by atoms with E-state index in [1.165, 1.54) is 6.07 Å². The largest absolute Gasteiger partial charge is 0.305 e. The van der Waals surface area contributed by atoms with E-state index in [-0.39, 0.29) is 5.56 Å². The Morgan fingerprint density at radius 3 is 2.50 bits per heavy atom. The lowest BCUT2D eigenvalue weighted by atomic mass is 10.2. The maximum absolute atomic E-state index is 11.2. The molecule has 0 aliphatic rings. The van der Waals surface area contributed by atoms with E-state index in [0.29, 0.717) is 5.65 Å². The number of aromatic nitrogens is 3. The van der Waals surface area contributed by atoms with Gasteiger partial charge in [0, 0.05) is 6.07 Å². The highest BCUT2D eigenvalue weighted by atomic mass is 16.1. The molecule has 0 aromatic carbocycles. The molecule has 0 saturated heterocycles. The van der Waals surface area contributed by atoms with Gasteiger partial charge in [0.15, 0.2) is 5.65 Å². The van der Waals surface area contributed by atoms with Gasteiger partial charge in [-0.05, 0) is 26.3 Å². The number of rotatable bonds is 0. The molecular weight excluding hydrogens is 178 g/mol. The molecule has 0 radical (unpaired) electrons. The van der Waals surface area contributed by atoms with Crippen molar-refractivity contribution in [1.29, 1.82) is 0 Å². The molecule has 0 unspecified atom stereocenters. The first-order chi connectivity index (χ1) is 6.58. The van der Waals surface area contributed by atoms with E-state index >= 15 is 0 Å². The van der Waals surface area contributed by atoms with Crippen molar-refractivity contribution in [3.63, 3.8) is 0 Å². The Morgan fingerprint density at radius 2 is 1.79 bits per heavy atom. The topological polar surface area (TPSA) is 58.6 Å². The molecule has 0 aliphatic heterocycles. The summed E-state index contributed by atoms with van der Waals surface area (Å²) >= 11 is 0. The van der Waals surface area contributed by atoms with Crippen LogP contribution in [0.15, 0.2) is 10.9 Å². The highest BCUT2D eigenvalue weighted by Gasteiger charge is 2.04. The summed E-state index contributed by atoms with van der Waals surface area (Å²) in [4.78, 5) is 22.5. The van der Waals surface area contributed by atoms with E-state index in [1.54, 1.807) is 0 Å². The molecule has 14 heavy (non-hydrogen) atoms. The summed E-state index contributed by atoms with van der Waals surface area (Å²) in [7, 11) is 0. The van der Waals surface area contributed by atoms with Crippen molar-refractivity contribution in [2.75, 3.05) is 0 Å². The third kappa shape index (κ3) is 1.28. The normalized spacial score (nSPS) is 10.8. The minimum absolute atomic E-state index is 0.132.